The van der Waals surface area contributed by atoms with Crippen molar-refractivity contribution < 1.29 is 0 Å². The van der Waals surface area contributed by atoms with Crippen LogP contribution >= 0.6 is 11.1 Å². The van der Waals surface area contributed by atoms with Gasteiger partial charge in [-0.15, -0.1) is 0 Å². The molecule has 0 rings (SSSR count). The zero-order valence-corrected chi connectivity index (χ0v) is 7.32. The van der Waals surface area contributed by atoms with Crippen LogP contribution in [0.4, 0.5) is 0 Å². The van der Waals surface area contributed by atoms with Gasteiger partial charge in [0.25, 0.3) is 0 Å². The van der Waals surface area contributed by atoms with E-state index in [9.17, 15) is 0 Å². The zero-order chi connectivity index (χ0) is 6.24. The van der Waals surface area contributed by atoms with Gasteiger partial charge in [0, 0.05) is 6.54 Å². The number of halogens is 1. The Labute approximate surface area is 57.6 Å². The minimum Gasteiger partial charge on any atom is -0.314 e. The summed E-state index contributed by atoms with van der Waals surface area (Å²) >= 11 is 5.50. The summed E-state index contributed by atoms with van der Waals surface area (Å²) in [5.41, 5.74) is 2.07. The van der Waals surface area contributed by atoms with E-state index >= 15 is 0 Å². The van der Waals surface area contributed by atoms with Gasteiger partial charge in [0.05, 0.1) is 0 Å². The van der Waals surface area contributed by atoms with E-state index in [1.807, 2.05) is 0 Å². The molecule has 8 heavy (non-hydrogen) atoms. The first-order chi connectivity index (χ1) is 3.91. The fourth-order valence-corrected chi connectivity index (χ4v) is 1.04. The van der Waals surface area contributed by atoms with Crippen LogP contribution in [0.15, 0.2) is 11.8 Å². The molecule has 0 aliphatic heterocycles. The Bertz CT molecular complexity index is 65.4. The van der Waals surface area contributed by atoms with Gasteiger partial charge < -0.3 is 5.32 Å². The molecule has 1 nitrogen and oxygen atoms in total. The van der Waals surface area contributed by atoms with Gasteiger partial charge in [-0.25, -0.2) is 0 Å². The van der Waals surface area contributed by atoms with Gasteiger partial charge in [0.1, 0.15) is 8.83 Å². The van der Waals surface area contributed by atoms with E-state index in [0.717, 1.165) is 13.1 Å². The normalized spacial score (nSPS) is 12.2. The van der Waals surface area contributed by atoms with Gasteiger partial charge in [0.15, 0.2) is 0 Å². The number of likely N-dealkylation sites (N-methyl/N-ethyl adjacent to an activating group) is 1. The van der Waals surface area contributed by atoms with Crippen molar-refractivity contribution in [1.82, 2.24) is 5.32 Å². The smallest absolute Gasteiger partial charge is 0.148 e. The molecule has 0 fully saturated rings. The fourth-order valence-electron chi connectivity index (χ4n) is 0.374. The Balaban J connectivity index is 2.80. The molecule has 0 saturated carbocycles. The minimum absolute atomic E-state index is 0.362. The average Bonchev–Trinajstić information content (AvgIpc) is 1.81. The summed E-state index contributed by atoms with van der Waals surface area (Å²) < 4.78 is 0. The standard InChI is InChI=1S/C5H12ClNSi/c1-2-7-4-3-5-8-6/h3,5,7H,2,4,8H2,1H3. The maximum Gasteiger partial charge on any atom is 0.148 e. The number of hydrogen-bond acceptors (Lipinski definition) is 1. The summed E-state index contributed by atoms with van der Waals surface area (Å²) in [7, 11) is -0.362. The third-order valence-electron chi connectivity index (χ3n) is 0.768. The second-order valence-corrected chi connectivity index (χ2v) is 3.14. The summed E-state index contributed by atoms with van der Waals surface area (Å²) in [5, 5.41) is 3.16. The highest BCUT2D eigenvalue weighted by atomic mass is 35.6. The molecule has 1 N–H and O–H groups in total. The highest BCUT2D eigenvalue weighted by Crippen LogP contribution is 1.71. The van der Waals surface area contributed by atoms with Crippen LogP contribution in [-0.4, -0.2) is 21.9 Å². The van der Waals surface area contributed by atoms with Gasteiger partial charge in [-0.05, 0) is 6.54 Å². The third-order valence-corrected chi connectivity index (χ3v) is 1.81. The Hall–Kier alpha value is 0.207. The second-order valence-electron chi connectivity index (χ2n) is 1.43. The van der Waals surface area contributed by atoms with Gasteiger partial charge >= 0.3 is 0 Å². The van der Waals surface area contributed by atoms with Gasteiger partial charge in [0.2, 0.25) is 0 Å². The number of rotatable bonds is 4. The summed E-state index contributed by atoms with van der Waals surface area (Å²) in [6.45, 7) is 4.09. The Morgan fingerprint density at radius 2 is 2.50 bits per heavy atom. The van der Waals surface area contributed by atoms with E-state index in [0.29, 0.717) is 0 Å². The first-order valence-electron chi connectivity index (χ1n) is 2.83. The molecule has 0 aliphatic rings. The predicted molar refractivity (Wildman–Crippen MR) is 42.1 cm³/mol. The molecule has 0 radical (unpaired) electrons. The van der Waals surface area contributed by atoms with E-state index in [-0.39, 0.29) is 8.83 Å². The van der Waals surface area contributed by atoms with Crippen molar-refractivity contribution in [3.63, 3.8) is 0 Å². The van der Waals surface area contributed by atoms with E-state index in [1.165, 1.54) is 0 Å². The Morgan fingerprint density at radius 1 is 1.75 bits per heavy atom. The Kier molecular flexibility index (Phi) is 7.39. The highest BCUT2D eigenvalue weighted by Gasteiger charge is 1.72. The molecule has 0 aromatic rings. The van der Waals surface area contributed by atoms with Crippen molar-refractivity contribution >= 4 is 19.9 Å². The topological polar surface area (TPSA) is 12.0 Å². The van der Waals surface area contributed by atoms with Crippen LogP contribution in [0.25, 0.3) is 0 Å². The van der Waals surface area contributed by atoms with Crippen molar-refractivity contribution in [2.24, 2.45) is 0 Å². The molecule has 0 unspecified atom stereocenters. The maximum atomic E-state index is 5.50. The summed E-state index contributed by atoms with van der Waals surface area (Å²) in [6, 6.07) is 0. The molecule has 0 amide bonds. The van der Waals surface area contributed by atoms with E-state index in [4.69, 9.17) is 11.1 Å². The fraction of sp³-hybridized carbons (Fsp3) is 0.600. The summed E-state index contributed by atoms with van der Waals surface area (Å²) in [5.74, 6) is 0. The molecule has 0 spiro atoms. The highest BCUT2D eigenvalue weighted by molar-refractivity contribution is 6.96. The van der Waals surface area contributed by atoms with Crippen LogP contribution in [0, 0.1) is 0 Å². The van der Waals surface area contributed by atoms with E-state index in [2.05, 4.69) is 24.0 Å². The van der Waals surface area contributed by atoms with Gasteiger partial charge in [-0.2, -0.15) is 11.1 Å². The van der Waals surface area contributed by atoms with Crippen LogP contribution in [0.3, 0.4) is 0 Å². The lowest BCUT2D eigenvalue weighted by Gasteiger charge is -1.90. The summed E-state index contributed by atoms with van der Waals surface area (Å²) in [4.78, 5) is 0. The van der Waals surface area contributed by atoms with Crippen molar-refractivity contribution in [3.05, 3.63) is 11.8 Å². The first-order valence-corrected chi connectivity index (χ1v) is 5.79. The first kappa shape index (κ1) is 8.21. The molecule has 0 aliphatic carbocycles. The van der Waals surface area contributed by atoms with Gasteiger partial charge in [-0.1, -0.05) is 18.7 Å². The van der Waals surface area contributed by atoms with Crippen LogP contribution in [0.2, 0.25) is 0 Å². The molecule has 0 bridgehead atoms. The lowest BCUT2D eigenvalue weighted by atomic mass is 10.6. The lowest BCUT2D eigenvalue weighted by Crippen LogP contribution is -2.11. The van der Waals surface area contributed by atoms with Crippen LogP contribution in [0.5, 0.6) is 0 Å². The summed E-state index contributed by atoms with van der Waals surface area (Å²) in [6.07, 6.45) is 2.09. The quantitative estimate of drug-likeness (QED) is 0.348. The molecular weight excluding hydrogens is 138 g/mol. The van der Waals surface area contributed by atoms with Crippen molar-refractivity contribution in [1.29, 1.82) is 0 Å². The number of hydrogen-bond donors (Lipinski definition) is 1. The molecule has 0 atom stereocenters. The predicted octanol–water partition coefficient (Wildman–Crippen LogP) is 0.432. The second kappa shape index (κ2) is 7.21. The molecular formula is C5H12ClNSi. The number of nitrogens with one attached hydrogen (secondary N) is 1. The molecule has 0 aromatic heterocycles. The monoisotopic (exact) mass is 149 g/mol. The van der Waals surface area contributed by atoms with Crippen molar-refractivity contribution in [2.45, 2.75) is 6.92 Å². The van der Waals surface area contributed by atoms with E-state index < -0.39 is 0 Å². The lowest BCUT2D eigenvalue weighted by molar-refractivity contribution is 0.800. The SMILES string of the molecule is CCNCC=C[SiH2]Cl. The van der Waals surface area contributed by atoms with E-state index in [1.54, 1.807) is 0 Å². The van der Waals surface area contributed by atoms with Crippen LogP contribution in [-0.2, 0) is 0 Å². The van der Waals surface area contributed by atoms with Crippen LogP contribution in [0.1, 0.15) is 6.92 Å². The molecule has 0 aromatic carbocycles. The minimum atomic E-state index is -0.362. The third kappa shape index (κ3) is 6.21. The Morgan fingerprint density at radius 3 is 3.00 bits per heavy atom. The van der Waals surface area contributed by atoms with Crippen molar-refractivity contribution in [3.8, 4) is 0 Å². The maximum absolute atomic E-state index is 5.50. The van der Waals surface area contributed by atoms with Crippen LogP contribution < -0.4 is 5.32 Å². The average molecular weight is 150 g/mol. The molecule has 0 saturated heterocycles. The largest absolute Gasteiger partial charge is 0.314 e. The molecule has 0 heterocycles. The molecule has 48 valence electrons. The molecule has 3 heteroatoms. The zero-order valence-electron chi connectivity index (χ0n) is 5.15. The van der Waals surface area contributed by atoms with Crippen molar-refractivity contribution in [2.75, 3.05) is 13.1 Å². The van der Waals surface area contributed by atoms with Gasteiger partial charge in [-0.3, -0.25) is 0 Å².